The summed E-state index contributed by atoms with van der Waals surface area (Å²) in [6.45, 7) is 1.98. The minimum Gasteiger partial charge on any atom is -0.303 e. The monoisotopic (exact) mass is 335 g/mol. The Hall–Kier alpha value is -0.890. The molecule has 0 amide bonds. The molecule has 2 saturated heterocycles. The number of alkyl halides is 3. The summed E-state index contributed by atoms with van der Waals surface area (Å²) in [4.78, 5) is 2.39. The molecular formula is C14H20F3N3OS. The summed E-state index contributed by atoms with van der Waals surface area (Å²) in [5, 5.41) is 3.76. The maximum Gasteiger partial charge on any atom is 0.408 e. The second-order valence-electron chi connectivity index (χ2n) is 6.52. The van der Waals surface area contributed by atoms with Crippen LogP contribution in [0, 0.1) is 5.41 Å². The average molecular weight is 335 g/mol. The lowest BCUT2D eigenvalue weighted by Gasteiger charge is -2.37. The van der Waals surface area contributed by atoms with E-state index in [0.29, 0.717) is 5.41 Å². The SMILES string of the molecule is O=S1CC2(CCN(CCCc3cnn(CC(F)(F)F)c3)C2)C1. The van der Waals surface area contributed by atoms with Gasteiger partial charge in [-0.05, 0) is 37.9 Å². The molecule has 4 nitrogen and oxygen atoms in total. The number of halogens is 3. The molecular weight excluding hydrogens is 315 g/mol. The highest BCUT2D eigenvalue weighted by atomic mass is 32.2. The molecule has 2 aliphatic rings. The largest absolute Gasteiger partial charge is 0.408 e. The summed E-state index contributed by atoms with van der Waals surface area (Å²) < 4.78 is 49.0. The van der Waals surface area contributed by atoms with Crippen LogP contribution in [0.3, 0.4) is 0 Å². The van der Waals surface area contributed by atoms with E-state index >= 15 is 0 Å². The van der Waals surface area contributed by atoms with Gasteiger partial charge in [-0.25, -0.2) is 0 Å². The second kappa shape index (κ2) is 5.96. The highest BCUT2D eigenvalue weighted by Gasteiger charge is 2.47. The molecule has 2 fully saturated rings. The standard InChI is InChI=1S/C14H20F3N3OS/c15-14(16,17)9-20-7-12(6-18-20)2-1-4-19-5-3-13(8-19)10-22(21)11-13/h6-7H,1-5,8-11H2. The molecule has 0 saturated carbocycles. The highest BCUT2D eigenvalue weighted by molar-refractivity contribution is 7.86. The maximum absolute atomic E-state index is 12.3. The Morgan fingerprint density at radius 2 is 2.14 bits per heavy atom. The first-order valence-corrected chi connectivity index (χ1v) is 8.98. The van der Waals surface area contributed by atoms with E-state index in [-0.39, 0.29) is 0 Å². The summed E-state index contributed by atoms with van der Waals surface area (Å²) >= 11 is 0. The van der Waals surface area contributed by atoms with Gasteiger partial charge in [-0.1, -0.05) is 0 Å². The lowest BCUT2D eigenvalue weighted by molar-refractivity contribution is -0.142. The number of rotatable bonds is 5. The second-order valence-corrected chi connectivity index (χ2v) is 7.98. The van der Waals surface area contributed by atoms with Crippen molar-refractivity contribution >= 4 is 10.8 Å². The van der Waals surface area contributed by atoms with Crippen molar-refractivity contribution in [1.82, 2.24) is 14.7 Å². The first kappa shape index (κ1) is 16.0. The molecule has 0 aliphatic carbocycles. The lowest BCUT2D eigenvalue weighted by Crippen LogP contribution is -2.46. The number of nitrogens with zero attached hydrogens (tertiary/aromatic N) is 3. The predicted octanol–water partition coefficient (Wildman–Crippen LogP) is 1.83. The summed E-state index contributed by atoms with van der Waals surface area (Å²) in [7, 11) is -0.607. The van der Waals surface area contributed by atoms with Gasteiger partial charge in [0.1, 0.15) is 6.54 Å². The Morgan fingerprint density at radius 1 is 1.36 bits per heavy atom. The van der Waals surface area contributed by atoms with Gasteiger partial charge in [-0.3, -0.25) is 8.89 Å². The Labute approximate surface area is 130 Å². The van der Waals surface area contributed by atoms with E-state index in [4.69, 9.17) is 0 Å². The van der Waals surface area contributed by atoms with E-state index < -0.39 is 23.5 Å². The van der Waals surface area contributed by atoms with E-state index in [1.165, 1.54) is 12.4 Å². The maximum atomic E-state index is 12.3. The Kier molecular flexibility index (Phi) is 4.33. The third-order valence-corrected chi connectivity index (χ3v) is 6.29. The van der Waals surface area contributed by atoms with E-state index in [9.17, 15) is 17.4 Å². The van der Waals surface area contributed by atoms with Crippen molar-refractivity contribution in [3.8, 4) is 0 Å². The number of likely N-dealkylation sites (tertiary alicyclic amines) is 1. The summed E-state index contributed by atoms with van der Waals surface area (Å²) in [5.41, 5.74) is 1.14. The van der Waals surface area contributed by atoms with Crippen LogP contribution >= 0.6 is 0 Å². The molecule has 1 spiro atoms. The number of hydrogen-bond acceptors (Lipinski definition) is 3. The van der Waals surface area contributed by atoms with Gasteiger partial charge in [-0.2, -0.15) is 18.3 Å². The van der Waals surface area contributed by atoms with Crippen LogP contribution in [-0.4, -0.2) is 56.2 Å². The first-order chi connectivity index (χ1) is 10.3. The molecule has 0 aromatic carbocycles. The van der Waals surface area contributed by atoms with Crippen molar-refractivity contribution in [1.29, 1.82) is 0 Å². The minimum absolute atomic E-state index is 0.294. The number of aromatic nitrogens is 2. The zero-order valence-electron chi connectivity index (χ0n) is 12.3. The van der Waals surface area contributed by atoms with E-state index in [2.05, 4.69) is 10.00 Å². The van der Waals surface area contributed by atoms with Gasteiger partial charge in [0.25, 0.3) is 0 Å². The topological polar surface area (TPSA) is 38.1 Å². The van der Waals surface area contributed by atoms with Crippen LogP contribution in [-0.2, 0) is 23.8 Å². The van der Waals surface area contributed by atoms with E-state index in [0.717, 1.165) is 60.6 Å². The van der Waals surface area contributed by atoms with Gasteiger partial charge in [0.2, 0.25) is 0 Å². The van der Waals surface area contributed by atoms with Gasteiger partial charge >= 0.3 is 6.18 Å². The fraction of sp³-hybridized carbons (Fsp3) is 0.786. The molecule has 1 aromatic heterocycles. The quantitative estimate of drug-likeness (QED) is 0.824. The van der Waals surface area contributed by atoms with Crippen LogP contribution in [0.2, 0.25) is 0 Å². The molecule has 8 heteroatoms. The van der Waals surface area contributed by atoms with Crippen molar-refractivity contribution in [3.05, 3.63) is 18.0 Å². The van der Waals surface area contributed by atoms with Crippen molar-refractivity contribution < 1.29 is 17.4 Å². The van der Waals surface area contributed by atoms with Crippen molar-refractivity contribution in [2.45, 2.75) is 32.0 Å². The molecule has 0 unspecified atom stereocenters. The van der Waals surface area contributed by atoms with Gasteiger partial charge in [0.05, 0.1) is 6.20 Å². The van der Waals surface area contributed by atoms with Gasteiger partial charge < -0.3 is 4.90 Å². The van der Waals surface area contributed by atoms with Crippen LogP contribution in [0.1, 0.15) is 18.4 Å². The van der Waals surface area contributed by atoms with Gasteiger partial charge in [0.15, 0.2) is 0 Å². The van der Waals surface area contributed by atoms with Crippen LogP contribution < -0.4 is 0 Å². The summed E-state index contributed by atoms with van der Waals surface area (Å²) in [6.07, 6.45) is 1.56. The van der Waals surface area contributed by atoms with Crippen LogP contribution in [0.25, 0.3) is 0 Å². The minimum atomic E-state index is -4.23. The smallest absolute Gasteiger partial charge is 0.303 e. The fourth-order valence-corrected chi connectivity index (χ4v) is 5.16. The van der Waals surface area contributed by atoms with Crippen molar-refractivity contribution in [3.63, 3.8) is 0 Å². The van der Waals surface area contributed by atoms with Crippen LogP contribution in [0.4, 0.5) is 13.2 Å². The van der Waals surface area contributed by atoms with Crippen molar-refractivity contribution in [2.75, 3.05) is 31.1 Å². The molecule has 1 aromatic rings. The van der Waals surface area contributed by atoms with Crippen LogP contribution in [0.5, 0.6) is 0 Å². The van der Waals surface area contributed by atoms with Crippen molar-refractivity contribution in [2.24, 2.45) is 5.41 Å². The molecule has 3 heterocycles. The zero-order chi connectivity index (χ0) is 15.8. The van der Waals surface area contributed by atoms with Gasteiger partial charge in [0, 0.05) is 40.5 Å². The summed E-state index contributed by atoms with van der Waals surface area (Å²) in [5.74, 6) is 1.68. The lowest BCUT2D eigenvalue weighted by atomic mass is 9.91. The molecule has 0 atom stereocenters. The zero-order valence-corrected chi connectivity index (χ0v) is 13.1. The Balaban J connectivity index is 1.40. The molecule has 3 rings (SSSR count). The normalized spacial score (nSPS) is 29.1. The Bertz CT molecular complexity index is 550. The van der Waals surface area contributed by atoms with E-state index in [1.54, 1.807) is 0 Å². The molecule has 0 bridgehead atoms. The molecule has 0 N–H and O–H groups in total. The number of aryl methyl sites for hydroxylation is 1. The average Bonchev–Trinajstić information content (AvgIpc) is 2.95. The Morgan fingerprint density at radius 3 is 2.82 bits per heavy atom. The molecule has 124 valence electrons. The van der Waals surface area contributed by atoms with E-state index in [1.807, 2.05) is 0 Å². The first-order valence-electron chi connectivity index (χ1n) is 7.49. The fourth-order valence-electron chi connectivity index (χ4n) is 3.41. The molecule has 0 radical (unpaired) electrons. The third-order valence-electron chi connectivity index (χ3n) is 4.42. The number of hydrogen-bond donors (Lipinski definition) is 0. The van der Waals surface area contributed by atoms with Gasteiger partial charge in [-0.15, -0.1) is 0 Å². The third kappa shape index (κ3) is 3.90. The van der Waals surface area contributed by atoms with Crippen LogP contribution in [0.15, 0.2) is 12.4 Å². The molecule has 22 heavy (non-hydrogen) atoms. The summed E-state index contributed by atoms with van der Waals surface area (Å²) in [6, 6.07) is 0. The predicted molar refractivity (Wildman–Crippen MR) is 78.0 cm³/mol. The molecule has 2 aliphatic heterocycles. The highest BCUT2D eigenvalue weighted by Crippen LogP contribution is 2.39.